The van der Waals surface area contributed by atoms with E-state index < -0.39 is 0 Å². The van der Waals surface area contributed by atoms with Crippen molar-refractivity contribution in [2.75, 3.05) is 6.61 Å². The topological polar surface area (TPSA) is 23.1 Å². The van der Waals surface area contributed by atoms with Gasteiger partial charge in [0.05, 0.1) is 0 Å². The van der Waals surface area contributed by atoms with Gasteiger partial charge >= 0.3 is 23.1 Å². The molecular formula is C5H14MgOSi. The van der Waals surface area contributed by atoms with Crippen molar-refractivity contribution in [3.8, 4) is 0 Å². The van der Waals surface area contributed by atoms with E-state index in [2.05, 4.69) is 19.6 Å². The summed E-state index contributed by atoms with van der Waals surface area (Å²) in [5.41, 5.74) is 0. The normalized spacial score (nSPS) is 6.75. The Balaban J connectivity index is -0.0000000575. The van der Waals surface area contributed by atoms with Gasteiger partial charge in [-0.25, -0.2) is 0 Å². The molecule has 0 amide bonds. The average Bonchev–Trinajstić information content (AvgIpc) is 1.33. The van der Waals surface area contributed by atoms with Crippen LogP contribution in [-0.2, 0) is 0 Å². The van der Waals surface area contributed by atoms with Crippen LogP contribution in [0.3, 0.4) is 0 Å². The molecule has 0 N–H and O–H groups in total. The maximum Gasteiger partial charge on any atom is 2.00 e. The van der Waals surface area contributed by atoms with Crippen LogP contribution in [0.15, 0.2) is 0 Å². The molecule has 0 heterocycles. The van der Waals surface area contributed by atoms with Gasteiger partial charge in [-0.2, -0.15) is 0 Å². The fourth-order valence-electron chi connectivity index (χ4n) is 0. The van der Waals surface area contributed by atoms with Crippen molar-refractivity contribution in [3.05, 3.63) is 6.55 Å². The second-order valence-corrected chi connectivity index (χ2v) is 4.47. The molecule has 0 unspecified atom stereocenters. The smallest absolute Gasteiger partial charge is 0.855 e. The fourth-order valence-corrected chi connectivity index (χ4v) is 0. The summed E-state index contributed by atoms with van der Waals surface area (Å²) in [6.45, 7) is 9.74. The minimum atomic E-state index is -0.389. The van der Waals surface area contributed by atoms with E-state index in [-0.39, 0.29) is 38.5 Å². The molecule has 0 saturated carbocycles. The van der Waals surface area contributed by atoms with Gasteiger partial charge in [-0.1, -0.05) is 20.0 Å². The first-order valence-corrected chi connectivity index (χ1v) is 5.68. The molecular weight excluding hydrogens is 128 g/mol. The van der Waals surface area contributed by atoms with Crippen molar-refractivity contribution in [1.82, 2.24) is 0 Å². The summed E-state index contributed by atoms with van der Waals surface area (Å²) in [7, 11) is -0.389. The molecule has 0 aliphatic heterocycles. The largest absolute Gasteiger partial charge is 2.00 e. The van der Waals surface area contributed by atoms with Crippen molar-refractivity contribution < 1.29 is 5.11 Å². The molecule has 0 aliphatic carbocycles. The molecule has 0 saturated heterocycles. The first-order valence-electron chi connectivity index (χ1n) is 2.56. The van der Waals surface area contributed by atoms with Crippen LogP contribution in [0.2, 0.25) is 13.1 Å². The molecule has 8 heavy (non-hydrogen) atoms. The summed E-state index contributed by atoms with van der Waals surface area (Å²) in [5.74, 6) is 0. The van der Waals surface area contributed by atoms with E-state index in [1.54, 1.807) is 6.92 Å². The van der Waals surface area contributed by atoms with Gasteiger partial charge in [0.15, 0.2) is 0 Å². The summed E-state index contributed by atoms with van der Waals surface area (Å²) < 4.78 is 0. The Morgan fingerprint density at radius 3 is 1.50 bits per heavy atom. The van der Waals surface area contributed by atoms with Gasteiger partial charge < -0.3 is 11.7 Å². The van der Waals surface area contributed by atoms with E-state index in [9.17, 15) is 0 Å². The van der Waals surface area contributed by atoms with Gasteiger partial charge in [-0.05, 0) is 0 Å². The quantitative estimate of drug-likeness (QED) is 0.340. The zero-order valence-electron chi connectivity index (χ0n) is 6.11. The Bertz CT molecular complexity index is 23.6. The van der Waals surface area contributed by atoms with Gasteiger partial charge in [0.25, 0.3) is 0 Å². The molecule has 0 aromatic carbocycles. The Morgan fingerprint density at radius 1 is 1.50 bits per heavy atom. The molecule has 0 fully saturated rings. The van der Waals surface area contributed by atoms with Gasteiger partial charge in [0.2, 0.25) is 0 Å². The molecule has 0 aromatic heterocycles. The minimum absolute atomic E-state index is 0. The van der Waals surface area contributed by atoms with Gasteiger partial charge in [-0.3, -0.25) is 0 Å². The summed E-state index contributed by atoms with van der Waals surface area (Å²) in [6, 6.07) is 0. The van der Waals surface area contributed by atoms with Crippen LogP contribution in [0.4, 0.5) is 0 Å². The van der Waals surface area contributed by atoms with Gasteiger partial charge in [0.1, 0.15) is 0 Å². The van der Waals surface area contributed by atoms with Crippen molar-refractivity contribution in [2.24, 2.45) is 0 Å². The molecule has 1 nitrogen and oxygen atoms in total. The van der Waals surface area contributed by atoms with E-state index in [1.807, 2.05) is 0 Å². The van der Waals surface area contributed by atoms with Crippen molar-refractivity contribution in [1.29, 1.82) is 0 Å². The maximum atomic E-state index is 8.93. The fraction of sp³-hybridized carbons (Fsp3) is 0.800. The van der Waals surface area contributed by atoms with Crippen LogP contribution in [0.5, 0.6) is 0 Å². The Hall–Kier alpha value is 0.943. The van der Waals surface area contributed by atoms with Gasteiger partial charge in [-0.15, -0.1) is 15.4 Å². The molecule has 0 spiro atoms. The molecule has 0 aliphatic rings. The first kappa shape index (κ1) is 16.0. The molecule has 0 bridgehead atoms. The third-order valence-electron chi connectivity index (χ3n) is 0. The molecule has 0 radical (unpaired) electrons. The van der Waals surface area contributed by atoms with Crippen molar-refractivity contribution in [3.63, 3.8) is 0 Å². The van der Waals surface area contributed by atoms with Crippen LogP contribution < -0.4 is 5.11 Å². The summed E-state index contributed by atoms with van der Waals surface area (Å²) in [5, 5.41) is 8.93. The van der Waals surface area contributed by atoms with Gasteiger partial charge in [0, 0.05) is 0 Å². The van der Waals surface area contributed by atoms with Crippen LogP contribution in [0, 0.1) is 6.55 Å². The van der Waals surface area contributed by atoms with Crippen molar-refractivity contribution in [2.45, 2.75) is 20.0 Å². The number of rotatable bonds is 0. The predicted molar refractivity (Wildman–Crippen MR) is 40.5 cm³/mol. The Morgan fingerprint density at radius 2 is 1.50 bits per heavy atom. The Kier molecular flexibility index (Phi) is 31.3. The predicted octanol–water partition coefficient (Wildman–Crippen LogP) is -0.168. The van der Waals surface area contributed by atoms with Crippen LogP contribution in [0.25, 0.3) is 0 Å². The molecule has 46 valence electrons. The third kappa shape index (κ3) is 276. The van der Waals surface area contributed by atoms with Crippen molar-refractivity contribution >= 4 is 31.8 Å². The standard InChI is InChI=1S/C3H9Si.C2H5O.Mg/c1-4(2)3;1-2-3;/h4H,1H2,2-3H3;2H2,1H3;/q2*-1;+2. The van der Waals surface area contributed by atoms with Crippen LogP contribution >= 0.6 is 0 Å². The summed E-state index contributed by atoms with van der Waals surface area (Å²) in [4.78, 5) is 0. The molecule has 0 atom stereocenters. The average molecular weight is 143 g/mol. The summed E-state index contributed by atoms with van der Waals surface area (Å²) >= 11 is 0. The molecule has 3 heteroatoms. The third-order valence-corrected chi connectivity index (χ3v) is 0. The first-order chi connectivity index (χ1) is 3.15. The van der Waals surface area contributed by atoms with E-state index in [0.29, 0.717) is 0 Å². The molecule has 0 aromatic rings. The Labute approximate surface area is 70.2 Å². The van der Waals surface area contributed by atoms with Crippen LogP contribution in [-0.4, -0.2) is 38.5 Å². The SMILES string of the molecule is CC[O-].[CH2-][SiH](C)C.[Mg+2]. The van der Waals surface area contributed by atoms with E-state index in [0.717, 1.165) is 0 Å². The zero-order valence-corrected chi connectivity index (χ0v) is 8.68. The number of hydrogen-bond acceptors (Lipinski definition) is 1. The number of hydrogen-bond donors (Lipinski definition) is 0. The summed E-state index contributed by atoms with van der Waals surface area (Å²) in [6.07, 6.45) is 0. The molecule has 0 rings (SSSR count). The second-order valence-electron chi connectivity index (χ2n) is 1.68. The zero-order chi connectivity index (χ0) is 6.28. The minimum Gasteiger partial charge on any atom is -0.855 e. The maximum absolute atomic E-state index is 8.93. The monoisotopic (exact) mass is 142 g/mol. The van der Waals surface area contributed by atoms with E-state index in [1.165, 1.54) is 0 Å². The van der Waals surface area contributed by atoms with Crippen LogP contribution in [0.1, 0.15) is 6.92 Å². The van der Waals surface area contributed by atoms with E-state index in [4.69, 9.17) is 5.11 Å². The second kappa shape index (κ2) is 15.7. The van der Waals surface area contributed by atoms with E-state index >= 15 is 0 Å².